The van der Waals surface area contributed by atoms with Crippen molar-refractivity contribution in [3.63, 3.8) is 0 Å². The van der Waals surface area contributed by atoms with Crippen LogP contribution in [0, 0.1) is 0 Å². The highest BCUT2D eigenvalue weighted by molar-refractivity contribution is 9.10. The maximum absolute atomic E-state index is 11.7. The van der Waals surface area contributed by atoms with Crippen LogP contribution in [0.1, 0.15) is 35.2 Å². The Bertz CT molecular complexity index is 487. The first-order valence-electron chi connectivity index (χ1n) is 5.87. The zero-order valence-corrected chi connectivity index (χ0v) is 11.4. The van der Waals surface area contributed by atoms with Crippen molar-refractivity contribution in [3.8, 4) is 0 Å². The van der Waals surface area contributed by atoms with Gasteiger partial charge in [0.05, 0.1) is 5.56 Å². The zero-order chi connectivity index (χ0) is 13.1. The van der Waals surface area contributed by atoms with E-state index in [9.17, 15) is 9.59 Å². The number of carbonyl (C=O) groups excluding carboxylic acids is 1. The fourth-order valence-electron chi connectivity index (χ4n) is 2.04. The Morgan fingerprint density at radius 3 is 2.78 bits per heavy atom. The van der Waals surface area contributed by atoms with Crippen LogP contribution in [-0.4, -0.2) is 28.4 Å². The number of hydrogen-bond donors (Lipinski definition) is 1. The van der Waals surface area contributed by atoms with Crippen molar-refractivity contribution >= 4 is 27.8 Å². The molecule has 1 aromatic carbocycles. The molecule has 4 nitrogen and oxygen atoms in total. The Morgan fingerprint density at radius 1 is 1.39 bits per heavy atom. The summed E-state index contributed by atoms with van der Waals surface area (Å²) in [5.41, 5.74) is 1.19. The van der Waals surface area contributed by atoms with Crippen molar-refractivity contribution in [3.05, 3.63) is 33.8 Å². The first-order valence-corrected chi connectivity index (χ1v) is 6.67. The van der Waals surface area contributed by atoms with Crippen molar-refractivity contribution in [2.24, 2.45) is 0 Å². The predicted molar refractivity (Wildman–Crippen MR) is 70.4 cm³/mol. The number of rotatable bonds is 3. The lowest BCUT2D eigenvalue weighted by atomic mass is 10.1. The van der Waals surface area contributed by atoms with Gasteiger partial charge in [0.2, 0.25) is 5.91 Å². The summed E-state index contributed by atoms with van der Waals surface area (Å²) < 4.78 is 0.737. The summed E-state index contributed by atoms with van der Waals surface area (Å²) in [5.74, 6) is -0.772. The number of halogens is 1. The van der Waals surface area contributed by atoms with E-state index in [4.69, 9.17) is 5.11 Å². The van der Waals surface area contributed by atoms with E-state index in [-0.39, 0.29) is 11.5 Å². The molecular formula is C13H14BrNO3. The van der Waals surface area contributed by atoms with Gasteiger partial charge < -0.3 is 10.0 Å². The molecule has 2 rings (SSSR count). The number of carbonyl (C=O) groups is 2. The van der Waals surface area contributed by atoms with Crippen LogP contribution in [0.5, 0.6) is 0 Å². The zero-order valence-electron chi connectivity index (χ0n) is 9.86. The van der Waals surface area contributed by atoms with Crippen molar-refractivity contribution in [1.29, 1.82) is 0 Å². The van der Waals surface area contributed by atoms with E-state index in [1.807, 2.05) is 4.90 Å². The van der Waals surface area contributed by atoms with E-state index in [1.54, 1.807) is 18.2 Å². The van der Waals surface area contributed by atoms with Crippen molar-refractivity contribution in [1.82, 2.24) is 4.90 Å². The van der Waals surface area contributed by atoms with E-state index in [0.717, 1.165) is 29.4 Å². The number of carboxylic acid groups (broad SMARTS) is 1. The van der Waals surface area contributed by atoms with Gasteiger partial charge in [0.15, 0.2) is 0 Å². The predicted octanol–water partition coefficient (Wildman–Crippen LogP) is 2.66. The molecule has 0 saturated carbocycles. The minimum absolute atomic E-state index is 0.176. The summed E-state index contributed by atoms with van der Waals surface area (Å²) in [6.07, 6.45) is 2.62. The largest absolute Gasteiger partial charge is 0.478 e. The van der Waals surface area contributed by atoms with Crippen molar-refractivity contribution < 1.29 is 14.7 Å². The maximum atomic E-state index is 11.7. The molecule has 0 atom stereocenters. The monoisotopic (exact) mass is 311 g/mol. The molecule has 1 saturated heterocycles. The third kappa shape index (κ3) is 2.90. The van der Waals surface area contributed by atoms with Crippen LogP contribution in [0.2, 0.25) is 0 Å². The fourth-order valence-corrected chi connectivity index (χ4v) is 2.55. The molecule has 96 valence electrons. The van der Waals surface area contributed by atoms with Crippen LogP contribution in [0.3, 0.4) is 0 Å². The van der Waals surface area contributed by atoms with Gasteiger partial charge in [-0.15, -0.1) is 0 Å². The highest BCUT2D eigenvalue weighted by Crippen LogP contribution is 2.22. The minimum Gasteiger partial charge on any atom is -0.478 e. The quantitative estimate of drug-likeness (QED) is 0.933. The molecular weight excluding hydrogens is 298 g/mol. The fraction of sp³-hybridized carbons (Fsp3) is 0.385. The van der Waals surface area contributed by atoms with Gasteiger partial charge in [-0.25, -0.2) is 4.79 Å². The molecule has 1 aliphatic heterocycles. The lowest BCUT2D eigenvalue weighted by Crippen LogP contribution is -2.34. The second-order valence-corrected chi connectivity index (χ2v) is 5.24. The average Bonchev–Trinajstić information content (AvgIpc) is 2.34. The smallest absolute Gasteiger partial charge is 0.335 e. The summed E-state index contributed by atoms with van der Waals surface area (Å²) in [6, 6.07) is 4.90. The van der Waals surface area contributed by atoms with Gasteiger partial charge in [-0.3, -0.25) is 4.79 Å². The van der Waals surface area contributed by atoms with Crippen molar-refractivity contribution in [2.75, 3.05) is 6.54 Å². The SMILES string of the molecule is O=C(O)c1ccc(CN2CCCCC2=O)c(Br)c1. The molecule has 0 unspecified atom stereocenters. The Balaban J connectivity index is 2.14. The number of nitrogens with zero attached hydrogens (tertiary/aromatic N) is 1. The van der Waals surface area contributed by atoms with E-state index >= 15 is 0 Å². The molecule has 1 aliphatic rings. The molecule has 0 radical (unpaired) electrons. The summed E-state index contributed by atoms with van der Waals surface area (Å²) >= 11 is 3.36. The van der Waals surface area contributed by atoms with Gasteiger partial charge in [-0.2, -0.15) is 0 Å². The summed E-state index contributed by atoms with van der Waals surface area (Å²) in [4.78, 5) is 24.3. The Morgan fingerprint density at radius 2 is 2.17 bits per heavy atom. The number of hydrogen-bond acceptors (Lipinski definition) is 2. The number of amides is 1. The molecule has 0 aliphatic carbocycles. The van der Waals surface area contributed by atoms with Gasteiger partial charge >= 0.3 is 5.97 Å². The van der Waals surface area contributed by atoms with E-state index in [0.29, 0.717) is 13.0 Å². The van der Waals surface area contributed by atoms with Gasteiger partial charge in [0.25, 0.3) is 0 Å². The standard InChI is InChI=1S/C13H14BrNO3/c14-11-7-9(13(17)18)4-5-10(11)8-15-6-2-1-3-12(15)16/h4-5,7H,1-3,6,8H2,(H,17,18). The molecule has 1 aromatic rings. The number of likely N-dealkylation sites (tertiary alicyclic amines) is 1. The molecule has 0 spiro atoms. The third-order valence-corrected chi connectivity index (χ3v) is 3.82. The van der Waals surface area contributed by atoms with Gasteiger partial charge in [0, 0.05) is 24.0 Å². The highest BCUT2D eigenvalue weighted by Gasteiger charge is 2.19. The topological polar surface area (TPSA) is 57.6 Å². The number of aromatic carboxylic acids is 1. The average molecular weight is 312 g/mol. The third-order valence-electron chi connectivity index (χ3n) is 3.08. The molecule has 1 amide bonds. The van der Waals surface area contributed by atoms with Crippen molar-refractivity contribution in [2.45, 2.75) is 25.8 Å². The molecule has 0 aromatic heterocycles. The molecule has 5 heteroatoms. The Hall–Kier alpha value is -1.36. The van der Waals surface area contributed by atoms with Crippen LogP contribution in [0.4, 0.5) is 0 Å². The molecule has 1 heterocycles. The van der Waals surface area contributed by atoms with Crippen LogP contribution >= 0.6 is 15.9 Å². The van der Waals surface area contributed by atoms with E-state index in [2.05, 4.69) is 15.9 Å². The van der Waals surface area contributed by atoms with Crippen LogP contribution in [0.25, 0.3) is 0 Å². The first-order chi connectivity index (χ1) is 8.58. The van der Waals surface area contributed by atoms with Crippen LogP contribution in [0.15, 0.2) is 22.7 Å². The van der Waals surface area contributed by atoms with Crippen LogP contribution in [-0.2, 0) is 11.3 Å². The van der Waals surface area contributed by atoms with Crippen LogP contribution < -0.4 is 0 Å². The molecule has 0 bridgehead atoms. The van der Waals surface area contributed by atoms with E-state index < -0.39 is 5.97 Å². The molecule has 1 N–H and O–H groups in total. The lowest BCUT2D eigenvalue weighted by molar-refractivity contribution is -0.133. The number of carboxylic acids is 1. The summed E-state index contributed by atoms with van der Waals surface area (Å²) in [5, 5.41) is 8.88. The minimum atomic E-state index is -0.948. The highest BCUT2D eigenvalue weighted by atomic mass is 79.9. The van der Waals surface area contributed by atoms with Gasteiger partial charge in [-0.05, 0) is 30.5 Å². The first kappa shape index (κ1) is 13.1. The molecule has 1 fully saturated rings. The number of piperidine rings is 1. The van der Waals surface area contributed by atoms with Gasteiger partial charge in [0.1, 0.15) is 0 Å². The molecule has 18 heavy (non-hydrogen) atoms. The Kier molecular flexibility index (Phi) is 4.01. The summed E-state index contributed by atoms with van der Waals surface area (Å²) in [7, 11) is 0. The van der Waals surface area contributed by atoms with E-state index in [1.165, 1.54) is 0 Å². The van der Waals surface area contributed by atoms with Gasteiger partial charge in [-0.1, -0.05) is 22.0 Å². The second-order valence-electron chi connectivity index (χ2n) is 4.38. The maximum Gasteiger partial charge on any atom is 0.335 e. The normalized spacial score (nSPS) is 15.8. The Labute approximate surface area is 114 Å². The number of benzene rings is 1. The second kappa shape index (κ2) is 5.52. The lowest BCUT2D eigenvalue weighted by Gasteiger charge is -2.27. The summed E-state index contributed by atoms with van der Waals surface area (Å²) in [6.45, 7) is 1.32.